The largest absolute Gasteiger partial charge is 0.507 e. The van der Waals surface area contributed by atoms with Crippen molar-refractivity contribution in [1.82, 2.24) is 4.90 Å². The summed E-state index contributed by atoms with van der Waals surface area (Å²) < 4.78 is 0. The number of nitroso groups, excluding NO2 is 1. The van der Waals surface area contributed by atoms with E-state index in [-0.39, 0.29) is 17.3 Å². The molecule has 1 aliphatic rings. The highest BCUT2D eigenvalue weighted by Gasteiger charge is 2.14. The Balaban J connectivity index is 2.14. The molecule has 0 bridgehead atoms. The summed E-state index contributed by atoms with van der Waals surface area (Å²) in [4.78, 5) is 24.4. The maximum atomic E-state index is 12.0. The number of carbonyl (C=O) groups excluding carboxylic acids is 1. The van der Waals surface area contributed by atoms with Crippen LogP contribution in [0.15, 0.2) is 23.4 Å². The van der Waals surface area contributed by atoms with Crippen LogP contribution in [0, 0.1) is 11.8 Å². The molecule has 1 N–H and O–H groups in total. The van der Waals surface area contributed by atoms with Crippen molar-refractivity contribution in [2.75, 3.05) is 13.1 Å². The predicted octanol–water partition coefficient (Wildman–Crippen LogP) is 3.12. The molecule has 1 fully saturated rings. The molecule has 0 saturated carbocycles. The predicted molar refractivity (Wildman–Crippen MR) is 77.8 cm³/mol. The summed E-state index contributed by atoms with van der Waals surface area (Å²) in [6, 6.07) is 2.96. The zero-order chi connectivity index (χ0) is 14.5. The molecule has 1 saturated heterocycles. The van der Waals surface area contributed by atoms with Crippen molar-refractivity contribution in [2.45, 2.75) is 26.2 Å². The van der Waals surface area contributed by atoms with Crippen molar-refractivity contribution >= 4 is 17.7 Å². The number of likely N-dealkylation sites (tertiary alicyclic amines) is 1. The number of hydrogen-bond donors (Lipinski definition) is 1. The second-order valence-electron chi connectivity index (χ2n) is 5.01. The van der Waals surface area contributed by atoms with Crippen LogP contribution in [0.2, 0.25) is 0 Å². The van der Waals surface area contributed by atoms with E-state index < -0.39 is 0 Å². The van der Waals surface area contributed by atoms with Crippen LogP contribution in [-0.4, -0.2) is 29.0 Å². The zero-order valence-electron chi connectivity index (χ0n) is 11.5. The van der Waals surface area contributed by atoms with Gasteiger partial charge in [-0.3, -0.25) is 4.79 Å². The molecule has 0 atom stereocenters. The number of aromatic hydroxyl groups is 1. The molecule has 0 spiro atoms. The highest BCUT2D eigenvalue weighted by Crippen LogP contribution is 2.28. The Kier molecular flexibility index (Phi) is 4.50. The van der Waals surface area contributed by atoms with Gasteiger partial charge < -0.3 is 10.0 Å². The zero-order valence-corrected chi connectivity index (χ0v) is 11.5. The van der Waals surface area contributed by atoms with Gasteiger partial charge in [-0.15, -0.1) is 4.91 Å². The fraction of sp³-hybridized carbons (Fsp3) is 0.400. The molecule has 1 heterocycles. The van der Waals surface area contributed by atoms with Crippen LogP contribution in [0.3, 0.4) is 0 Å². The number of aryl methyl sites for hydroxylation is 1. The fourth-order valence-electron chi connectivity index (χ4n) is 2.31. The van der Waals surface area contributed by atoms with E-state index in [4.69, 9.17) is 0 Å². The Bertz CT molecular complexity index is 546. The molecule has 106 valence electrons. The first-order valence-electron chi connectivity index (χ1n) is 6.76. The third-order valence-corrected chi connectivity index (χ3v) is 3.52. The highest BCUT2D eigenvalue weighted by molar-refractivity contribution is 5.92. The first kappa shape index (κ1) is 14.2. The molecule has 5 nitrogen and oxygen atoms in total. The van der Waals surface area contributed by atoms with Gasteiger partial charge in [0.05, 0.1) is 0 Å². The fourth-order valence-corrected chi connectivity index (χ4v) is 2.31. The summed E-state index contributed by atoms with van der Waals surface area (Å²) in [7, 11) is 0. The minimum atomic E-state index is -0.0645. The lowest BCUT2D eigenvalue weighted by Gasteiger charge is -2.25. The standard InChI is InChI=1S/C15H18N2O3/c1-11-9-14(18)12(10-13(11)16-20)5-6-15(19)17-7-3-2-4-8-17/h5-6,9-10,18H,2-4,7-8H2,1H3/b6-5+. The Morgan fingerprint density at radius 2 is 2.00 bits per heavy atom. The van der Waals surface area contributed by atoms with Crippen molar-refractivity contribution in [1.29, 1.82) is 0 Å². The lowest BCUT2D eigenvalue weighted by Crippen LogP contribution is -2.34. The van der Waals surface area contributed by atoms with Gasteiger partial charge in [0.25, 0.3) is 0 Å². The van der Waals surface area contributed by atoms with E-state index >= 15 is 0 Å². The first-order valence-corrected chi connectivity index (χ1v) is 6.76. The number of carbonyl (C=O) groups is 1. The van der Waals surface area contributed by atoms with E-state index in [0.717, 1.165) is 25.9 Å². The second kappa shape index (κ2) is 6.32. The molecule has 1 amide bonds. The average molecular weight is 274 g/mol. The maximum Gasteiger partial charge on any atom is 0.246 e. The van der Waals surface area contributed by atoms with E-state index in [0.29, 0.717) is 11.1 Å². The summed E-state index contributed by atoms with van der Waals surface area (Å²) in [5.41, 5.74) is 1.31. The topological polar surface area (TPSA) is 70.0 Å². The number of rotatable bonds is 3. The van der Waals surface area contributed by atoms with Gasteiger partial charge in [0.2, 0.25) is 5.91 Å². The molecular formula is C15H18N2O3. The van der Waals surface area contributed by atoms with Gasteiger partial charge in [0, 0.05) is 24.7 Å². The lowest BCUT2D eigenvalue weighted by atomic mass is 10.1. The van der Waals surface area contributed by atoms with Crippen LogP contribution in [0.25, 0.3) is 6.08 Å². The van der Waals surface area contributed by atoms with Crippen LogP contribution >= 0.6 is 0 Å². The third-order valence-electron chi connectivity index (χ3n) is 3.52. The van der Waals surface area contributed by atoms with Gasteiger partial charge in [-0.2, -0.15) is 0 Å². The van der Waals surface area contributed by atoms with E-state index in [1.54, 1.807) is 11.8 Å². The Morgan fingerprint density at radius 1 is 1.30 bits per heavy atom. The number of phenolic OH excluding ortho intramolecular Hbond substituents is 1. The van der Waals surface area contributed by atoms with Crippen molar-refractivity contribution < 1.29 is 9.90 Å². The molecule has 0 aliphatic carbocycles. The Hall–Kier alpha value is -2.17. The van der Waals surface area contributed by atoms with Gasteiger partial charge in [-0.05, 0) is 55.1 Å². The quantitative estimate of drug-likeness (QED) is 0.680. The van der Waals surface area contributed by atoms with Gasteiger partial charge >= 0.3 is 0 Å². The van der Waals surface area contributed by atoms with Crippen molar-refractivity contribution in [3.05, 3.63) is 34.2 Å². The van der Waals surface area contributed by atoms with Crippen LogP contribution in [0.5, 0.6) is 5.75 Å². The smallest absolute Gasteiger partial charge is 0.246 e. The lowest BCUT2D eigenvalue weighted by molar-refractivity contribution is -0.126. The SMILES string of the molecule is Cc1cc(O)c(/C=C/C(=O)N2CCCCC2)cc1N=O. The highest BCUT2D eigenvalue weighted by atomic mass is 16.3. The average Bonchev–Trinajstić information content (AvgIpc) is 2.47. The van der Waals surface area contributed by atoms with E-state index in [2.05, 4.69) is 5.18 Å². The van der Waals surface area contributed by atoms with Crippen LogP contribution in [0.4, 0.5) is 5.69 Å². The molecule has 0 aromatic heterocycles. The summed E-state index contributed by atoms with van der Waals surface area (Å²) in [5.74, 6) is -0.0251. The van der Waals surface area contributed by atoms with Gasteiger partial charge in [0.1, 0.15) is 11.4 Å². The minimum absolute atomic E-state index is 0.0394. The second-order valence-corrected chi connectivity index (χ2v) is 5.01. The van der Waals surface area contributed by atoms with Gasteiger partial charge in [-0.25, -0.2) is 0 Å². The number of phenols is 1. The molecule has 1 aliphatic heterocycles. The molecule has 20 heavy (non-hydrogen) atoms. The maximum absolute atomic E-state index is 12.0. The summed E-state index contributed by atoms with van der Waals surface area (Å²) in [5, 5.41) is 12.7. The summed E-state index contributed by atoms with van der Waals surface area (Å²) in [6.07, 6.45) is 6.20. The number of nitrogens with zero attached hydrogens (tertiary/aromatic N) is 2. The molecule has 2 rings (SSSR count). The summed E-state index contributed by atoms with van der Waals surface area (Å²) in [6.45, 7) is 3.26. The van der Waals surface area contributed by atoms with Gasteiger partial charge in [0.15, 0.2) is 0 Å². The van der Waals surface area contributed by atoms with E-state index in [1.807, 2.05) is 0 Å². The molecule has 0 radical (unpaired) electrons. The number of hydrogen-bond acceptors (Lipinski definition) is 4. The number of amides is 1. The number of piperidine rings is 1. The molecule has 0 unspecified atom stereocenters. The van der Waals surface area contributed by atoms with Crippen LogP contribution < -0.4 is 0 Å². The molecule has 1 aromatic carbocycles. The Labute approximate surface area is 117 Å². The molecule has 1 aromatic rings. The van der Waals surface area contributed by atoms with Crippen molar-refractivity contribution in [2.24, 2.45) is 5.18 Å². The monoisotopic (exact) mass is 274 g/mol. The molecule has 5 heteroatoms. The first-order chi connectivity index (χ1) is 9.61. The van der Waals surface area contributed by atoms with E-state index in [9.17, 15) is 14.8 Å². The normalized spacial score (nSPS) is 15.6. The van der Waals surface area contributed by atoms with E-state index in [1.165, 1.54) is 30.7 Å². The van der Waals surface area contributed by atoms with Crippen LogP contribution in [0.1, 0.15) is 30.4 Å². The summed E-state index contributed by atoms with van der Waals surface area (Å²) >= 11 is 0. The Morgan fingerprint density at radius 3 is 2.65 bits per heavy atom. The van der Waals surface area contributed by atoms with Gasteiger partial charge in [-0.1, -0.05) is 0 Å². The van der Waals surface area contributed by atoms with Crippen molar-refractivity contribution in [3.8, 4) is 5.75 Å². The minimum Gasteiger partial charge on any atom is -0.507 e. The van der Waals surface area contributed by atoms with Crippen LogP contribution in [-0.2, 0) is 4.79 Å². The third kappa shape index (κ3) is 3.23. The molecular weight excluding hydrogens is 256 g/mol. The van der Waals surface area contributed by atoms with Crippen molar-refractivity contribution in [3.63, 3.8) is 0 Å². The number of benzene rings is 1.